The highest BCUT2D eigenvalue weighted by atomic mass is 16.5. The maximum Gasteiger partial charge on any atom is 0.191 e. The first kappa shape index (κ1) is 11.8. The van der Waals surface area contributed by atoms with Gasteiger partial charge < -0.3 is 14.8 Å². The largest absolute Gasteiger partial charge is 0.508 e. The van der Waals surface area contributed by atoms with Crippen LogP contribution in [-0.2, 0) is 0 Å². The molecule has 0 unspecified atom stereocenters. The van der Waals surface area contributed by atoms with Crippen molar-refractivity contribution < 1.29 is 9.84 Å². The Hall–Kier alpha value is -1.64. The number of ether oxygens (including phenoxy) is 1. The Morgan fingerprint density at radius 1 is 1.24 bits per heavy atom. The van der Waals surface area contributed by atoms with E-state index in [9.17, 15) is 5.11 Å². The summed E-state index contributed by atoms with van der Waals surface area (Å²) in [4.78, 5) is 3.16. The van der Waals surface area contributed by atoms with E-state index in [4.69, 9.17) is 4.74 Å². The van der Waals surface area contributed by atoms with Crippen LogP contribution < -0.4 is 4.74 Å². The van der Waals surface area contributed by atoms with Crippen molar-refractivity contribution in [3.05, 3.63) is 23.8 Å². The van der Waals surface area contributed by atoms with Gasteiger partial charge in [-0.1, -0.05) is 19.8 Å². The second-order valence-corrected chi connectivity index (χ2v) is 4.42. The average molecular weight is 233 g/mol. The van der Waals surface area contributed by atoms with Gasteiger partial charge in [-0.3, -0.25) is 0 Å². The lowest BCUT2D eigenvalue weighted by molar-refractivity contribution is 0.297. The van der Waals surface area contributed by atoms with Gasteiger partial charge >= 0.3 is 0 Å². The molecule has 1 aromatic heterocycles. The van der Waals surface area contributed by atoms with Gasteiger partial charge in [-0.2, -0.15) is 0 Å². The first-order valence-electron chi connectivity index (χ1n) is 6.16. The summed E-state index contributed by atoms with van der Waals surface area (Å²) < 4.78 is 5.64. The number of H-pyrrole nitrogens is 1. The highest BCUT2D eigenvalue weighted by Gasteiger charge is 2.04. The van der Waals surface area contributed by atoms with Crippen LogP contribution in [0.15, 0.2) is 18.2 Å². The summed E-state index contributed by atoms with van der Waals surface area (Å²) in [5, 5.41) is 10.7. The fourth-order valence-corrected chi connectivity index (χ4v) is 1.87. The van der Waals surface area contributed by atoms with Crippen molar-refractivity contribution in [2.24, 2.45) is 0 Å². The molecule has 17 heavy (non-hydrogen) atoms. The number of hydrogen-bond acceptors (Lipinski definition) is 2. The van der Waals surface area contributed by atoms with Crippen LogP contribution in [0.2, 0.25) is 0 Å². The van der Waals surface area contributed by atoms with Crippen LogP contribution in [-0.4, -0.2) is 16.7 Å². The molecule has 3 heteroatoms. The van der Waals surface area contributed by atoms with Crippen LogP contribution in [0.25, 0.3) is 10.9 Å². The summed E-state index contributed by atoms with van der Waals surface area (Å²) in [6.07, 6.45) is 3.47. The maximum atomic E-state index is 9.61. The minimum absolute atomic E-state index is 0.317. The number of unbranched alkanes of at least 4 members (excludes halogenated alkanes) is 2. The molecule has 1 heterocycles. The third-order valence-electron chi connectivity index (χ3n) is 2.92. The van der Waals surface area contributed by atoms with Crippen molar-refractivity contribution in [1.82, 2.24) is 4.98 Å². The van der Waals surface area contributed by atoms with Gasteiger partial charge in [0.05, 0.1) is 12.1 Å². The third-order valence-corrected chi connectivity index (χ3v) is 2.92. The third kappa shape index (κ3) is 2.73. The van der Waals surface area contributed by atoms with Crippen LogP contribution in [0.5, 0.6) is 11.6 Å². The summed E-state index contributed by atoms with van der Waals surface area (Å²) in [6.45, 7) is 4.81. The summed E-state index contributed by atoms with van der Waals surface area (Å²) in [6, 6.07) is 5.68. The Morgan fingerprint density at radius 3 is 2.82 bits per heavy atom. The Bertz CT molecular complexity index is 463. The second-order valence-electron chi connectivity index (χ2n) is 4.42. The molecule has 2 aromatic rings. The lowest BCUT2D eigenvalue weighted by Crippen LogP contribution is -1.96. The molecule has 0 spiro atoms. The molecule has 1 aromatic carbocycles. The SMILES string of the molecule is CCCCCOc1cc2cc(C)c(O)cc2[nH]1. The van der Waals surface area contributed by atoms with E-state index in [0.29, 0.717) is 5.75 Å². The van der Waals surface area contributed by atoms with E-state index in [0.717, 1.165) is 35.4 Å². The summed E-state index contributed by atoms with van der Waals surface area (Å²) in [5.74, 6) is 1.10. The van der Waals surface area contributed by atoms with Crippen LogP contribution in [0.3, 0.4) is 0 Å². The van der Waals surface area contributed by atoms with E-state index in [1.807, 2.05) is 19.1 Å². The standard InChI is InChI=1S/C14H19NO2/c1-3-4-5-6-17-14-8-11-7-10(2)13(16)9-12(11)15-14/h7-9,15-16H,3-6H2,1-2H3. The zero-order chi connectivity index (χ0) is 12.3. The van der Waals surface area contributed by atoms with Crippen LogP contribution >= 0.6 is 0 Å². The van der Waals surface area contributed by atoms with Crippen molar-refractivity contribution in [3.8, 4) is 11.6 Å². The lowest BCUT2D eigenvalue weighted by atomic mass is 10.1. The molecule has 0 bridgehead atoms. The number of benzene rings is 1. The molecular weight excluding hydrogens is 214 g/mol. The average Bonchev–Trinajstić information content (AvgIpc) is 2.67. The van der Waals surface area contributed by atoms with Crippen molar-refractivity contribution in [2.45, 2.75) is 33.1 Å². The van der Waals surface area contributed by atoms with E-state index in [1.165, 1.54) is 12.8 Å². The minimum Gasteiger partial charge on any atom is -0.508 e. The number of phenolic OH excluding ortho intramolecular Hbond substituents is 1. The first-order valence-corrected chi connectivity index (χ1v) is 6.16. The first-order chi connectivity index (χ1) is 8.20. The molecule has 0 atom stereocenters. The minimum atomic E-state index is 0.317. The number of fused-ring (bicyclic) bond motifs is 1. The van der Waals surface area contributed by atoms with E-state index >= 15 is 0 Å². The van der Waals surface area contributed by atoms with Gasteiger partial charge in [0.25, 0.3) is 0 Å². The molecule has 0 saturated carbocycles. The zero-order valence-corrected chi connectivity index (χ0v) is 10.4. The topological polar surface area (TPSA) is 45.2 Å². The van der Waals surface area contributed by atoms with Crippen molar-refractivity contribution in [2.75, 3.05) is 6.61 Å². The van der Waals surface area contributed by atoms with Crippen molar-refractivity contribution in [1.29, 1.82) is 0 Å². The van der Waals surface area contributed by atoms with E-state index in [1.54, 1.807) is 6.07 Å². The zero-order valence-electron chi connectivity index (χ0n) is 10.4. The van der Waals surface area contributed by atoms with Gasteiger partial charge in [0, 0.05) is 17.5 Å². The normalized spacial score (nSPS) is 10.9. The lowest BCUT2D eigenvalue weighted by Gasteiger charge is -2.01. The predicted octanol–water partition coefficient (Wildman–Crippen LogP) is 3.75. The molecule has 3 nitrogen and oxygen atoms in total. The number of aromatic amines is 1. The number of aromatic nitrogens is 1. The van der Waals surface area contributed by atoms with E-state index < -0.39 is 0 Å². The maximum absolute atomic E-state index is 9.61. The number of phenols is 1. The molecule has 2 N–H and O–H groups in total. The molecule has 0 aliphatic heterocycles. The fourth-order valence-electron chi connectivity index (χ4n) is 1.87. The quantitative estimate of drug-likeness (QED) is 0.772. The number of aryl methyl sites for hydroxylation is 1. The Labute approximate surface area is 101 Å². The molecule has 2 rings (SSSR count). The second kappa shape index (κ2) is 5.13. The molecule has 0 amide bonds. The van der Waals surface area contributed by atoms with Gasteiger partial charge in [-0.05, 0) is 25.0 Å². The smallest absolute Gasteiger partial charge is 0.191 e. The number of nitrogens with one attached hydrogen (secondary N) is 1. The van der Waals surface area contributed by atoms with Crippen LogP contribution in [0.1, 0.15) is 31.7 Å². The van der Waals surface area contributed by atoms with Gasteiger partial charge in [0.15, 0.2) is 5.88 Å². The Kier molecular flexibility index (Phi) is 3.57. The fraction of sp³-hybridized carbons (Fsp3) is 0.429. The monoisotopic (exact) mass is 233 g/mol. The summed E-state index contributed by atoms with van der Waals surface area (Å²) in [7, 11) is 0. The highest BCUT2D eigenvalue weighted by molar-refractivity contribution is 5.83. The summed E-state index contributed by atoms with van der Waals surface area (Å²) >= 11 is 0. The van der Waals surface area contributed by atoms with Crippen molar-refractivity contribution >= 4 is 10.9 Å². The highest BCUT2D eigenvalue weighted by Crippen LogP contribution is 2.27. The predicted molar refractivity (Wildman–Crippen MR) is 69.7 cm³/mol. The summed E-state index contributed by atoms with van der Waals surface area (Å²) in [5.41, 5.74) is 1.80. The molecular formula is C14H19NO2. The number of aromatic hydroxyl groups is 1. The number of hydrogen-bond donors (Lipinski definition) is 2. The van der Waals surface area contributed by atoms with Crippen molar-refractivity contribution in [3.63, 3.8) is 0 Å². The van der Waals surface area contributed by atoms with Gasteiger partial charge in [0.2, 0.25) is 0 Å². The van der Waals surface area contributed by atoms with Crippen LogP contribution in [0.4, 0.5) is 0 Å². The van der Waals surface area contributed by atoms with E-state index in [-0.39, 0.29) is 0 Å². The van der Waals surface area contributed by atoms with Crippen LogP contribution in [0, 0.1) is 6.92 Å². The van der Waals surface area contributed by atoms with Gasteiger partial charge in [-0.25, -0.2) is 0 Å². The number of rotatable bonds is 5. The molecule has 92 valence electrons. The molecule has 0 fully saturated rings. The van der Waals surface area contributed by atoms with E-state index in [2.05, 4.69) is 11.9 Å². The van der Waals surface area contributed by atoms with Gasteiger partial charge in [-0.15, -0.1) is 0 Å². The molecule has 0 saturated heterocycles. The molecule has 0 radical (unpaired) electrons. The Morgan fingerprint density at radius 2 is 2.06 bits per heavy atom. The molecule has 0 aliphatic carbocycles. The van der Waals surface area contributed by atoms with Gasteiger partial charge in [0.1, 0.15) is 5.75 Å². The Balaban J connectivity index is 2.09. The molecule has 0 aliphatic rings.